The summed E-state index contributed by atoms with van der Waals surface area (Å²) >= 11 is 6.85. The van der Waals surface area contributed by atoms with Crippen LogP contribution in [0.4, 0.5) is 13.2 Å². The number of thiazole rings is 1. The summed E-state index contributed by atoms with van der Waals surface area (Å²) in [5, 5.41) is 9.83. The van der Waals surface area contributed by atoms with E-state index in [1.165, 1.54) is 35.7 Å². The number of unbranched alkanes of at least 4 members (excludes halogenated alkanes) is 1. The van der Waals surface area contributed by atoms with Crippen LogP contribution in [0.1, 0.15) is 49.9 Å². The van der Waals surface area contributed by atoms with E-state index in [2.05, 4.69) is 20.4 Å². The molecule has 0 saturated carbocycles. The van der Waals surface area contributed by atoms with Gasteiger partial charge in [0.15, 0.2) is 10.8 Å². The zero-order valence-corrected chi connectivity index (χ0v) is 24.4. The maximum absolute atomic E-state index is 13.0. The Morgan fingerprint density at radius 2 is 2.12 bits per heavy atom. The average molecular weight is 623 g/mol. The third-order valence-corrected chi connectivity index (χ3v) is 7.45. The maximum atomic E-state index is 13.0. The summed E-state index contributed by atoms with van der Waals surface area (Å²) in [4.78, 5) is 35.6. The fourth-order valence-electron chi connectivity index (χ4n) is 4.39. The standard InChI is InChI=1S/C22H26F2N6O3S.C6H4ClF/c1-2-3-9-33-18(31)4-6-25-20(32)14-11-17-15(16-5-8-30(28-16)22(23)24)12-27-19(29(17)13-14)21-26-7-10-34-21;7-5-2-1-3-6(8)4-5/h5,7-8,10,14,22H,2-4,6,9,11-13H2,1H3,(H,25,32);1-4H. The lowest BCUT2D eigenvalue weighted by atomic mass is 10.0. The molecule has 0 radical (unpaired) electrons. The van der Waals surface area contributed by atoms with Gasteiger partial charge in [0, 0.05) is 53.6 Å². The lowest BCUT2D eigenvalue weighted by Crippen LogP contribution is -2.36. The SMILES string of the molecule is CCCCOC(=O)CCNC(=O)C1CC2=C(c3ccn(C(F)F)n3)CN=C(c3nccs3)N2C1.Fc1cccc(Cl)c1. The summed E-state index contributed by atoms with van der Waals surface area (Å²) < 4.78 is 43.9. The summed E-state index contributed by atoms with van der Waals surface area (Å²) in [6, 6.07) is 7.35. The Labute approximate surface area is 250 Å². The number of aromatic nitrogens is 3. The number of amidine groups is 1. The molecule has 1 saturated heterocycles. The monoisotopic (exact) mass is 622 g/mol. The number of amides is 1. The van der Waals surface area contributed by atoms with Crippen LogP contribution in [-0.2, 0) is 14.3 Å². The molecule has 9 nitrogen and oxygen atoms in total. The first-order chi connectivity index (χ1) is 20.3. The number of fused-ring (bicyclic) bond motifs is 1. The molecule has 1 unspecified atom stereocenters. The van der Waals surface area contributed by atoms with Crippen LogP contribution in [-0.4, -0.2) is 63.6 Å². The average Bonchev–Trinajstić information content (AvgIpc) is 3.74. The summed E-state index contributed by atoms with van der Waals surface area (Å²) in [6.45, 7) is 0.498. The zero-order chi connectivity index (χ0) is 30.1. The molecule has 1 atom stereocenters. The summed E-state index contributed by atoms with van der Waals surface area (Å²) in [6.07, 6.45) is 5.19. The molecule has 1 amide bonds. The minimum Gasteiger partial charge on any atom is -0.466 e. The number of allylic oxidation sites excluding steroid dienone is 1. The van der Waals surface area contributed by atoms with Crippen LogP contribution in [0, 0.1) is 11.7 Å². The summed E-state index contributed by atoms with van der Waals surface area (Å²) in [5.74, 6) is -0.537. The first-order valence-electron chi connectivity index (χ1n) is 13.4. The van der Waals surface area contributed by atoms with E-state index in [-0.39, 0.29) is 43.1 Å². The van der Waals surface area contributed by atoms with Crippen LogP contribution in [0.15, 0.2) is 58.8 Å². The molecule has 1 N–H and O–H groups in total. The van der Waals surface area contributed by atoms with Gasteiger partial charge in [0.2, 0.25) is 5.91 Å². The minimum absolute atomic E-state index is 0.108. The zero-order valence-electron chi connectivity index (χ0n) is 22.8. The van der Waals surface area contributed by atoms with Gasteiger partial charge in [-0.25, -0.2) is 14.1 Å². The van der Waals surface area contributed by atoms with Gasteiger partial charge in [0.25, 0.3) is 0 Å². The van der Waals surface area contributed by atoms with Gasteiger partial charge >= 0.3 is 12.5 Å². The molecule has 1 fully saturated rings. The van der Waals surface area contributed by atoms with Crippen LogP contribution in [0.2, 0.25) is 5.02 Å². The van der Waals surface area contributed by atoms with Crippen molar-refractivity contribution in [3.05, 3.63) is 75.3 Å². The number of esters is 1. The molecule has 2 aliphatic heterocycles. The molecular formula is C28H30ClF3N6O3S. The molecule has 224 valence electrons. The van der Waals surface area contributed by atoms with E-state index < -0.39 is 6.55 Å². The van der Waals surface area contributed by atoms with Crippen molar-refractivity contribution in [2.24, 2.45) is 10.9 Å². The highest BCUT2D eigenvalue weighted by Crippen LogP contribution is 2.37. The lowest BCUT2D eigenvalue weighted by molar-refractivity contribution is -0.143. The summed E-state index contributed by atoms with van der Waals surface area (Å²) in [5.41, 5.74) is 1.96. The van der Waals surface area contributed by atoms with E-state index in [9.17, 15) is 22.8 Å². The Hall–Kier alpha value is -3.71. The highest BCUT2D eigenvalue weighted by molar-refractivity contribution is 7.11. The Morgan fingerprint density at radius 3 is 2.76 bits per heavy atom. The molecule has 14 heteroatoms. The second kappa shape index (κ2) is 15.0. The van der Waals surface area contributed by atoms with Gasteiger partial charge in [-0.15, -0.1) is 11.3 Å². The van der Waals surface area contributed by atoms with Gasteiger partial charge in [-0.2, -0.15) is 13.9 Å². The number of hydrogen-bond donors (Lipinski definition) is 1. The maximum Gasteiger partial charge on any atom is 0.333 e. The molecule has 4 heterocycles. The van der Waals surface area contributed by atoms with Crippen molar-refractivity contribution in [1.29, 1.82) is 0 Å². The number of nitrogens with one attached hydrogen (secondary N) is 1. The summed E-state index contributed by atoms with van der Waals surface area (Å²) in [7, 11) is 0. The largest absolute Gasteiger partial charge is 0.466 e. The first-order valence-corrected chi connectivity index (χ1v) is 14.6. The van der Waals surface area contributed by atoms with Crippen LogP contribution in [0.25, 0.3) is 5.57 Å². The van der Waals surface area contributed by atoms with Crippen molar-refractivity contribution in [3.63, 3.8) is 0 Å². The van der Waals surface area contributed by atoms with Gasteiger partial charge in [0.1, 0.15) is 5.82 Å². The quantitative estimate of drug-likeness (QED) is 0.235. The number of carbonyl (C=O) groups excluding carboxylic acids is 2. The highest BCUT2D eigenvalue weighted by atomic mass is 35.5. The number of halogens is 4. The predicted molar refractivity (Wildman–Crippen MR) is 154 cm³/mol. The smallest absolute Gasteiger partial charge is 0.333 e. The van der Waals surface area contributed by atoms with Crippen LogP contribution in [0.5, 0.6) is 0 Å². The highest BCUT2D eigenvalue weighted by Gasteiger charge is 2.39. The van der Waals surface area contributed by atoms with Crippen molar-refractivity contribution in [2.45, 2.75) is 39.2 Å². The third kappa shape index (κ3) is 8.19. The molecule has 3 aromatic rings. The predicted octanol–water partition coefficient (Wildman–Crippen LogP) is 5.56. The molecule has 42 heavy (non-hydrogen) atoms. The Kier molecular flexibility index (Phi) is 11.1. The number of nitrogens with zero attached hydrogens (tertiary/aromatic N) is 5. The molecule has 0 bridgehead atoms. The number of ether oxygens (including phenoxy) is 1. The van der Waals surface area contributed by atoms with Gasteiger partial charge in [0.05, 0.1) is 31.2 Å². The Morgan fingerprint density at radius 1 is 1.29 bits per heavy atom. The van der Waals surface area contributed by atoms with Crippen molar-refractivity contribution in [3.8, 4) is 0 Å². The van der Waals surface area contributed by atoms with Gasteiger partial charge in [-0.3, -0.25) is 14.6 Å². The van der Waals surface area contributed by atoms with Crippen molar-refractivity contribution in [1.82, 2.24) is 25.0 Å². The van der Waals surface area contributed by atoms with Gasteiger partial charge < -0.3 is 15.0 Å². The molecule has 1 aromatic carbocycles. The van der Waals surface area contributed by atoms with Crippen molar-refractivity contribution < 1.29 is 27.5 Å². The van der Waals surface area contributed by atoms with Crippen LogP contribution < -0.4 is 5.32 Å². The Bertz CT molecular complexity index is 1410. The minimum atomic E-state index is -2.73. The molecular weight excluding hydrogens is 593 g/mol. The fraction of sp³-hybridized carbons (Fsp3) is 0.393. The number of aliphatic imine (C=N–C) groups is 1. The normalized spacial score (nSPS) is 16.1. The molecule has 0 spiro atoms. The lowest BCUT2D eigenvalue weighted by Gasteiger charge is -2.27. The van der Waals surface area contributed by atoms with Crippen LogP contribution in [0.3, 0.4) is 0 Å². The van der Waals surface area contributed by atoms with E-state index in [0.717, 1.165) is 29.1 Å². The first kappa shape index (κ1) is 31.2. The van der Waals surface area contributed by atoms with E-state index in [1.807, 2.05) is 17.2 Å². The second-order valence-corrected chi connectivity index (χ2v) is 10.8. The van der Waals surface area contributed by atoms with E-state index >= 15 is 0 Å². The molecule has 0 aliphatic carbocycles. The molecule has 5 rings (SSSR count). The number of hydrogen-bond acceptors (Lipinski definition) is 8. The fourth-order valence-corrected chi connectivity index (χ4v) is 5.22. The molecule has 2 aromatic heterocycles. The Balaban J connectivity index is 0.000000437. The van der Waals surface area contributed by atoms with Gasteiger partial charge in [-0.1, -0.05) is 31.0 Å². The van der Waals surface area contributed by atoms with Crippen molar-refractivity contribution in [2.75, 3.05) is 26.2 Å². The number of benzene rings is 1. The second-order valence-electron chi connectivity index (χ2n) is 9.43. The topological polar surface area (TPSA) is 102 Å². The third-order valence-electron chi connectivity index (χ3n) is 6.45. The van der Waals surface area contributed by atoms with E-state index in [1.54, 1.807) is 18.3 Å². The number of alkyl halides is 2. The van der Waals surface area contributed by atoms with Gasteiger partial charge in [-0.05, 0) is 30.7 Å². The molecule has 2 aliphatic rings. The van der Waals surface area contributed by atoms with Crippen molar-refractivity contribution >= 4 is 46.2 Å². The number of carbonyl (C=O) groups is 2. The van der Waals surface area contributed by atoms with E-state index in [0.29, 0.717) is 40.8 Å². The van der Waals surface area contributed by atoms with Crippen LogP contribution >= 0.6 is 22.9 Å². The number of rotatable bonds is 10. The van der Waals surface area contributed by atoms with E-state index in [4.69, 9.17) is 16.3 Å².